The third kappa shape index (κ3) is 6.57. The molecule has 7 nitrogen and oxygen atoms in total. The molecule has 0 aliphatic rings. The monoisotopic (exact) mass is 371 g/mol. The van der Waals surface area contributed by atoms with Crippen LogP contribution in [0.25, 0.3) is 0 Å². The number of benzene rings is 1. The lowest BCUT2D eigenvalue weighted by molar-refractivity contribution is -0.138. The highest BCUT2D eigenvalue weighted by molar-refractivity contribution is 9.10. The zero-order valence-corrected chi connectivity index (χ0v) is 13.6. The summed E-state index contributed by atoms with van der Waals surface area (Å²) in [7, 11) is 0. The molecule has 4 N–H and O–H groups in total. The summed E-state index contributed by atoms with van der Waals surface area (Å²) in [5, 5.41) is 16.0. The van der Waals surface area contributed by atoms with Crippen molar-refractivity contribution in [2.45, 2.75) is 25.8 Å². The number of nitrogens with one attached hydrogen (secondary N) is 3. The van der Waals surface area contributed by atoms with Crippen LogP contribution < -0.4 is 16.0 Å². The number of carboxylic acids is 1. The van der Waals surface area contributed by atoms with Gasteiger partial charge in [-0.2, -0.15) is 0 Å². The average Bonchev–Trinajstić information content (AvgIpc) is 2.46. The summed E-state index contributed by atoms with van der Waals surface area (Å²) in [6, 6.07) is 5.68. The standard InChI is InChI=1S/C14H18BrN3O4/c1-2-3-11(13(21)16-8-12(19)20)18-14(22)17-10-6-4-9(15)5-7-10/h4-7,11H,2-3,8H2,1H3,(H,16,21)(H,19,20)(H2,17,18,22)/t11-/m0/s1. The molecule has 8 heteroatoms. The molecule has 0 fully saturated rings. The molecule has 0 radical (unpaired) electrons. The van der Waals surface area contributed by atoms with Crippen molar-refractivity contribution in [3.05, 3.63) is 28.7 Å². The van der Waals surface area contributed by atoms with Crippen molar-refractivity contribution in [2.24, 2.45) is 0 Å². The topological polar surface area (TPSA) is 108 Å². The Kier molecular flexibility index (Phi) is 7.38. The first-order valence-corrected chi connectivity index (χ1v) is 7.54. The van der Waals surface area contributed by atoms with Crippen molar-refractivity contribution in [1.29, 1.82) is 0 Å². The maximum atomic E-state index is 11.9. The molecule has 1 aromatic rings. The molecule has 0 saturated heterocycles. The Labute approximate surface area is 136 Å². The minimum absolute atomic E-state index is 0.416. The fourth-order valence-electron chi connectivity index (χ4n) is 1.70. The Morgan fingerprint density at radius 1 is 1.23 bits per heavy atom. The Balaban J connectivity index is 2.57. The average molecular weight is 372 g/mol. The first-order chi connectivity index (χ1) is 10.4. The van der Waals surface area contributed by atoms with Crippen LogP contribution in [0.1, 0.15) is 19.8 Å². The lowest BCUT2D eigenvalue weighted by atomic mass is 10.1. The van der Waals surface area contributed by atoms with Gasteiger partial charge in [-0.05, 0) is 30.7 Å². The van der Waals surface area contributed by atoms with E-state index in [1.165, 1.54) is 0 Å². The van der Waals surface area contributed by atoms with Gasteiger partial charge < -0.3 is 21.1 Å². The van der Waals surface area contributed by atoms with Crippen LogP contribution in [0.15, 0.2) is 28.7 Å². The highest BCUT2D eigenvalue weighted by Gasteiger charge is 2.20. The predicted molar refractivity (Wildman–Crippen MR) is 85.6 cm³/mol. The van der Waals surface area contributed by atoms with Crippen LogP contribution in [-0.4, -0.2) is 35.6 Å². The first-order valence-electron chi connectivity index (χ1n) is 6.75. The van der Waals surface area contributed by atoms with Crippen LogP contribution in [-0.2, 0) is 9.59 Å². The van der Waals surface area contributed by atoms with Gasteiger partial charge in [0.05, 0.1) is 0 Å². The van der Waals surface area contributed by atoms with Gasteiger partial charge in [0, 0.05) is 10.2 Å². The van der Waals surface area contributed by atoms with Gasteiger partial charge in [0.2, 0.25) is 5.91 Å². The molecule has 0 bridgehead atoms. The largest absolute Gasteiger partial charge is 0.480 e. The molecule has 120 valence electrons. The van der Waals surface area contributed by atoms with E-state index < -0.39 is 30.5 Å². The van der Waals surface area contributed by atoms with E-state index >= 15 is 0 Å². The molecule has 22 heavy (non-hydrogen) atoms. The second-order valence-corrected chi connectivity index (χ2v) is 5.47. The summed E-state index contributed by atoms with van der Waals surface area (Å²) in [5.41, 5.74) is 0.585. The van der Waals surface area contributed by atoms with Crippen LogP contribution >= 0.6 is 15.9 Å². The molecule has 1 rings (SSSR count). The Morgan fingerprint density at radius 2 is 1.86 bits per heavy atom. The van der Waals surface area contributed by atoms with Crippen LogP contribution in [0, 0.1) is 0 Å². The SMILES string of the molecule is CCC[C@H](NC(=O)Nc1ccc(Br)cc1)C(=O)NCC(=O)O. The Morgan fingerprint density at radius 3 is 2.41 bits per heavy atom. The van der Waals surface area contributed by atoms with E-state index in [1.807, 2.05) is 6.92 Å². The van der Waals surface area contributed by atoms with Crippen molar-refractivity contribution >= 4 is 39.5 Å². The smallest absolute Gasteiger partial charge is 0.322 e. The number of amides is 3. The van der Waals surface area contributed by atoms with E-state index in [9.17, 15) is 14.4 Å². The van der Waals surface area contributed by atoms with Crippen molar-refractivity contribution in [3.63, 3.8) is 0 Å². The van der Waals surface area contributed by atoms with Gasteiger partial charge in [-0.15, -0.1) is 0 Å². The quantitative estimate of drug-likeness (QED) is 0.587. The number of hydrogen-bond acceptors (Lipinski definition) is 3. The molecule has 0 aliphatic heterocycles. The highest BCUT2D eigenvalue weighted by atomic mass is 79.9. The summed E-state index contributed by atoms with van der Waals surface area (Å²) >= 11 is 3.29. The highest BCUT2D eigenvalue weighted by Crippen LogP contribution is 2.14. The molecule has 0 heterocycles. The number of anilines is 1. The lowest BCUT2D eigenvalue weighted by Gasteiger charge is -2.17. The normalized spacial score (nSPS) is 11.4. The van der Waals surface area contributed by atoms with Crippen molar-refractivity contribution in [1.82, 2.24) is 10.6 Å². The minimum atomic E-state index is -1.14. The summed E-state index contributed by atoms with van der Waals surface area (Å²) in [5.74, 6) is -1.65. The summed E-state index contributed by atoms with van der Waals surface area (Å²) in [4.78, 5) is 34.2. The number of halogens is 1. The fourth-order valence-corrected chi connectivity index (χ4v) is 1.97. The fraction of sp³-hybridized carbons (Fsp3) is 0.357. The molecule has 0 unspecified atom stereocenters. The lowest BCUT2D eigenvalue weighted by Crippen LogP contribution is -2.49. The molecule has 0 spiro atoms. The van der Waals surface area contributed by atoms with E-state index in [0.29, 0.717) is 18.5 Å². The first kappa shape index (κ1) is 18.0. The Hall–Kier alpha value is -2.09. The van der Waals surface area contributed by atoms with Crippen LogP contribution in [0.3, 0.4) is 0 Å². The van der Waals surface area contributed by atoms with Gasteiger partial charge in [0.15, 0.2) is 0 Å². The second kappa shape index (κ2) is 9.04. The van der Waals surface area contributed by atoms with Crippen molar-refractivity contribution in [3.8, 4) is 0 Å². The van der Waals surface area contributed by atoms with E-state index in [1.54, 1.807) is 24.3 Å². The number of carboxylic acid groups (broad SMARTS) is 1. The van der Waals surface area contributed by atoms with Crippen LogP contribution in [0.5, 0.6) is 0 Å². The summed E-state index contributed by atoms with van der Waals surface area (Å²) in [6.07, 6.45) is 1.09. The zero-order chi connectivity index (χ0) is 16.5. The van der Waals surface area contributed by atoms with Gasteiger partial charge in [-0.3, -0.25) is 9.59 Å². The molecule has 0 aliphatic carbocycles. The van der Waals surface area contributed by atoms with Gasteiger partial charge in [-0.25, -0.2) is 4.79 Å². The molecule has 1 aromatic carbocycles. The van der Waals surface area contributed by atoms with E-state index in [2.05, 4.69) is 31.9 Å². The maximum Gasteiger partial charge on any atom is 0.322 e. The summed E-state index contributed by atoms with van der Waals surface area (Å²) in [6.45, 7) is 1.39. The van der Waals surface area contributed by atoms with Gasteiger partial charge in [-0.1, -0.05) is 29.3 Å². The number of urea groups is 1. The maximum absolute atomic E-state index is 11.9. The molecule has 0 saturated carbocycles. The van der Waals surface area contributed by atoms with Crippen molar-refractivity contribution < 1.29 is 19.5 Å². The van der Waals surface area contributed by atoms with Crippen molar-refractivity contribution in [2.75, 3.05) is 11.9 Å². The minimum Gasteiger partial charge on any atom is -0.480 e. The van der Waals surface area contributed by atoms with E-state index in [4.69, 9.17) is 5.11 Å². The number of hydrogen-bond donors (Lipinski definition) is 4. The van der Waals surface area contributed by atoms with Gasteiger partial charge in [0.25, 0.3) is 0 Å². The number of carbonyl (C=O) groups excluding carboxylic acids is 2. The van der Waals surface area contributed by atoms with E-state index in [0.717, 1.165) is 4.47 Å². The van der Waals surface area contributed by atoms with Gasteiger partial charge in [0.1, 0.15) is 12.6 Å². The van der Waals surface area contributed by atoms with Crippen LogP contribution in [0.2, 0.25) is 0 Å². The molecular weight excluding hydrogens is 354 g/mol. The molecule has 1 atom stereocenters. The molecule has 0 aromatic heterocycles. The number of carbonyl (C=O) groups is 3. The second-order valence-electron chi connectivity index (χ2n) is 4.56. The zero-order valence-electron chi connectivity index (χ0n) is 12.1. The Bertz CT molecular complexity index is 533. The predicted octanol–water partition coefficient (Wildman–Crippen LogP) is 1.94. The van der Waals surface area contributed by atoms with Gasteiger partial charge >= 0.3 is 12.0 Å². The van der Waals surface area contributed by atoms with Crippen LogP contribution in [0.4, 0.5) is 10.5 Å². The third-order valence-corrected chi connectivity index (χ3v) is 3.24. The van der Waals surface area contributed by atoms with E-state index in [-0.39, 0.29) is 0 Å². The summed E-state index contributed by atoms with van der Waals surface area (Å²) < 4.78 is 0.885. The molecule has 3 amide bonds. The number of rotatable bonds is 7. The third-order valence-electron chi connectivity index (χ3n) is 2.72. The number of aliphatic carboxylic acids is 1. The molecular formula is C14H18BrN3O4.